The molecule has 26 heavy (non-hydrogen) atoms. The molecule has 0 radical (unpaired) electrons. The molecular weight excluding hydrogens is 326 g/mol. The first-order valence-corrected chi connectivity index (χ1v) is 8.51. The molecule has 4 nitrogen and oxygen atoms in total. The first-order chi connectivity index (χ1) is 12.6. The lowest BCUT2D eigenvalue weighted by molar-refractivity contribution is -0.136. The van der Waals surface area contributed by atoms with Gasteiger partial charge in [-0.1, -0.05) is 54.6 Å². The lowest BCUT2D eigenvalue weighted by Gasteiger charge is -2.25. The summed E-state index contributed by atoms with van der Waals surface area (Å²) in [6, 6.07) is 17.6. The molecule has 0 N–H and O–H groups in total. The third-order valence-corrected chi connectivity index (χ3v) is 5.24. The van der Waals surface area contributed by atoms with Crippen LogP contribution < -0.4 is 4.90 Å². The average Bonchev–Trinajstić information content (AvgIpc) is 3.15. The van der Waals surface area contributed by atoms with Gasteiger partial charge in [0.25, 0.3) is 0 Å². The zero-order chi connectivity index (χ0) is 18.3. The fourth-order valence-electron chi connectivity index (χ4n) is 3.99. The van der Waals surface area contributed by atoms with Gasteiger partial charge in [-0.15, -0.1) is 0 Å². The van der Waals surface area contributed by atoms with Gasteiger partial charge in [-0.3, -0.25) is 4.79 Å². The molecular formula is C22H19NO3. The van der Waals surface area contributed by atoms with E-state index in [2.05, 4.69) is 0 Å². The van der Waals surface area contributed by atoms with Gasteiger partial charge < -0.3 is 9.64 Å². The quantitative estimate of drug-likeness (QED) is 0.783. The summed E-state index contributed by atoms with van der Waals surface area (Å²) in [7, 11) is 3.15. The van der Waals surface area contributed by atoms with E-state index in [0.717, 1.165) is 22.4 Å². The number of esters is 1. The molecule has 0 saturated carbocycles. The molecule has 1 atom stereocenters. The van der Waals surface area contributed by atoms with Crippen molar-refractivity contribution in [3.8, 4) is 0 Å². The number of ether oxygens (including phenoxy) is 1. The van der Waals surface area contributed by atoms with Gasteiger partial charge in [0.2, 0.25) is 5.91 Å². The summed E-state index contributed by atoms with van der Waals surface area (Å²) in [6.45, 7) is 0. The lowest BCUT2D eigenvalue weighted by Crippen LogP contribution is -2.38. The largest absolute Gasteiger partial charge is 0.466 e. The van der Waals surface area contributed by atoms with E-state index < -0.39 is 5.41 Å². The van der Waals surface area contributed by atoms with Crippen molar-refractivity contribution < 1.29 is 14.3 Å². The van der Waals surface area contributed by atoms with Crippen LogP contribution in [0.4, 0.5) is 5.69 Å². The van der Waals surface area contributed by atoms with E-state index in [9.17, 15) is 9.59 Å². The Morgan fingerprint density at radius 1 is 1.12 bits per heavy atom. The molecule has 0 saturated heterocycles. The molecule has 0 fully saturated rings. The Kier molecular flexibility index (Phi) is 3.76. The molecule has 1 aliphatic heterocycles. The summed E-state index contributed by atoms with van der Waals surface area (Å²) >= 11 is 0. The van der Waals surface area contributed by atoms with Crippen LogP contribution >= 0.6 is 0 Å². The third-order valence-electron chi connectivity index (χ3n) is 5.24. The fourth-order valence-corrected chi connectivity index (χ4v) is 3.99. The Morgan fingerprint density at radius 3 is 2.54 bits per heavy atom. The number of carbonyl (C=O) groups is 2. The summed E-state index contributed by atoms with van der Waals surface area (Å²) in [6.07, 6.45) is 4.12. The van der Waals surface area contributed by atoms with Gasteiger partial charge in [0.1, 0.15) is 5.41 Å². The molecule has 2 aromatic rings. The van der Waals surface area contributed by atoms with Crippen LogP contribution in [0.1, 0.15) is 17.5 Å². The van der Waals surface area contributed by atoms with Crippen LogP contribution in [0, 0.1) is 0 Å². The molecule has 130 valence electrons. The number of methoxy groups -OCH3 is 1. The average molecular weight is 345 g/mol. The predicted molar refractivity (Wildman–Crippen MR) is 101 cm³/mol. The minimum atomic E-state index is -0.870. The number of hydrogen-bond acceptors (Lipinski definition) is 3. The minimum absolute atomic E-state index is 0.0176. The number of hydrogen-bond donors (Lipinski definition) is 0. The van der Waals surface area contributed by atoms with Gasteiger partial charge in [-0.25, -0.2) is 4.79 Å². The highest BCUT2D eigenvalue weighted by molar-refractivity contribution is 6.13. The number of amides is 1. The molecule has 0 aromatic heterocycles. The van der Waals surface area contributed by atoms with Crippen molar-refractivity contribution in [2.24, 2.45) is 0 Å². The SMILES string of the molecule is COC(=O)C1=C/C(=C/c2ccccc2)C2(C1)C(=O)N(C)c1ccccc12. The third kappa shape index (κ3) is 2.22. The number of nitrogens with zero attached hydrogens (tertiary/aromatic N) is 1. The van der Waals surface area contributed by atoms with Crippen molar-refractivity contribution in [3.63, 3.8) is 0 Å². The summed E-state index contributed by atoms with van der Waals surface area (Å²) in [5, 5.41) is 0. The Morgan fingerprint density at radius 2 is 1.81 bits per heavy atom. The second-order valence-electron chi connectivity index (χ2n) is 6.63. The highest BCUT2D eigenvalue weighted by Crippen LogP contribution is 2.53. The summed E-state index contributed by atoms with van der Waals surface area (Å²) < 4.78 is 4.93. The monoisotopic (exact) mass is 345 g/mol. The summed E-state index contributed by atoms with van der Waals surface area (Å²) in [5.74, 6) is -0.406. The number of benzene rings is 2. The topological polar surface area (TPSA) is 46.6 Å². The number of carbonyl (C=O) groups excluding carboxylic acids is 2. The second kappa shape index (κ2) is 5.99. The van der Waals surface area contributed by atoms with Crippen LogP contribution in [-0.4, -0.2) is 26.0 Å². The number of likely N-dealkylation sites (N-methyl/N-ethyl adjacent to an activating group) is 1. The Bertz CT molecular complexity index is 958. The smallest absolute Gasteiger partial charge is 0.333 e. The molecule has 1 spiro atoms. The first-order valence-electron chi connectivity index (χ1n) is 8.51. The van der Waals surface area contributed by atoms with Crippen molar-refractivity contribution in [3.05, 3.63) is 82.9 Å². The highest BCUT2D eigenvalue weighted by atomic mass is 16.5. The van der Waals surface area contributed by atoms with Gasteiger partial charge in [0.05, 0.1) is 7.11 Å². The molecule has 4 rings (SSSR count). The Labute approximate surface area is 152 Å². The number of fused-ring (bicyclic) bond motifs is 2. The Balaban J connectivity index is 1.94. The number of allylic oxidation sites excluding steroid dienone is 1. The van der Waals surface area contributed by atoms with E-state index in [0.29, 0.717) is 12.0 Å². The van der Waals surface area contributed by atoms with Crippen LogP contribution in [0.25, 0.3) is 6.08 Å². The molecule has 2 aliphatic rings. The normalized spacial score (nSPS) is 22.7. The second-order valence-corrected chi connectivity index (χ2v) is 6.63. The molecule has 0 bridgehead atoms. The van der Waals surface area contributed by atoms with Crippen molar-refractivity contribution >= 4 is 23.6 Å². The number of para-hydroxylation sites is 1. The zero-order valence-corrected chi connectivity index (χ0v) is 14.7. The van der Waals surface area contributed by atoms with Gasteiger partial charge in [-0.2, -0.15) is 0 Å². The van der Waals surface area contributed by atoms with E-state index in [1.807, 2.05) is 66.7 Å². The molecule has 1 heterocycles. The number of rotatable bonds is 2. The maximum Gasteiger partial charge on any atom is 0.333 e. The first kappa shape index (κ1) is 16.3. The predicted octanol–water partition coefficient (Wildman–Crippen LogP) is 3.49. The van der Waals surface area contributed by atoms with Crippen molar-refractivity contribution in [1.82, 2.24) is 0 Å². The van der Waals surface area contributed by atoms with Crippen LogP contribution in [-0.2, 0) is 19.7 Å². The summed E-state index contributed by atoms with van der Waals surface area (Å²) in [5.41, 5.74) is 3.29. The zero-order valence-electron chi connectivity index (χ0n) is 14.7. The fraction of sp³-hybridized carbons (Fsp3) is 0.182. The van der Waals surface area contributed by atoms with E-state index in [1.165, 1.54) is 7.11 Å². The van der Waals surface area contributed by atoms with E-state index in [-0.39, 0.29) is 11.9 Å². The number of anilines is 1. The molecule has 1 unspecified atom stereocenters. The van der Waals surface area contributed by atoms with Crippen LogP contribution in [0.5, 0.6) is 0 Å². The molecule has 1 amide bonds. The van der Waals surface area contributed by atoms with Gasteiger partial charge in [-0.05, 0) is 28.8 Å². The standard InChI is InChI=1S/C22H19NO3/c1-23-19-11-7-6-10-18(19)22(21(23)25)14-16(20(24)26-2)13-17(22)12-15-8-4-3-5-9-15/h3-13H,14H2,1-2H3/b17-12-. The van der Waals surface area contributed by atoms with E-state index in [1.54, 1.807) is 11.9 Å². The minimum Gasteiger partial charge on any atom is -0.466 e. The van der Waals surface area contributed by atoms with Crippen molar-refractivity contribution in [1.29, 1.82) is 0 Å². The lowest BCUT2D eigenvalue weighted by atomic mass is 9.75. The van der Waals surface area contributed by atoms with E-state index >= 15 is 0 Å². The van der Waals surface area contributed by atoms with E-state index in [4.69, 9.17) is 4.74 Å². The van der Waals surface area contributed by atoms with Crippen LogP contribution in [0.15, 0.2) is 71.8 Å². The molecule has 4 heteroatoms. The summed E-state index contributed by atoms with van der Waals surface area (Å²) in [4.78, 5) is 27.2. The maximum absolute atomic E-state index is 13.3. The maximum atomic E-state index is 13.3. The molecule has 2 aromatic carbocycles. The van der Waals surface area contributed by atoms with Crippen molar-refractivity contribution in [2.45, 2.75) is 11.8 Å². The van der Waals surface area contributed by atoms with Crippen LogP contribution in [0.2, 0.25) is 0 Å². The Hall–Kier alpha value is -3.14. The highest BCUT2D eigenvalue weighted by Gasteiger charge is 2.55. The van der Waals surface area contributed by atoms with Crippen LogP contribution in [0.3, 0.4) is 0 Å². The van der Waals surface area contributed by atoms with Gasteiger partial charge >= 0.3 is 5.97 Å². The van der Waals surface area contributed by atoms with Gasteiger partial charge in [0.15, 0.2) is 0 Å². The molecule has 1 aliphatic carbocycles. The van der Waals surface area contributed by atoms with Gasteiger partial charge in [0, 0.05) is 24.7 Å². The van der Waals surface area contributed by atoms with Crippen molar-refractivity contribution in [2.75, 3.05) is 19.1 Å².